The Kier molecular flexibility index (Phi) is 5.97. The number of methoxy groups -OCH3 is 1. The minimum Gasteiger partial charge on any atom is -0.468 e. The van der Waals surface area contributed by atoms with Gasteiger partial charge in [0.15, 0.2) is 0 Å². The zero-order valence-electron chi connectivity index (χ0n) is 10.2. The third-order valence-electron chi connectivity index (χ3n) is 2.46. The van der Waals surface area contributed by atoms with Crippen molar-refractivity contribution >= 4 is 11.9 Å². The van der Waals surface area contributed by atoms with Crippen LogP contribution in [0.2, 0.25) is 0 Å². The first-order chi connectivity index (χ1) is 6.99. The molecule has 0 aliphatic heterocycles. The molecule has 15 heavy (non-hydrogen) atoms. The van der Waals surface area contributed by atoms with Crippen molar-refractivity contribution in [1.82, 2.24) is 4.90 Å². The van der Waals surface area contributed by atoms with Gasteiger partial charge in [0.1, 0.15) is 5.92 Å². The van der Waals surface area contributed by atoms with Crippen LogP contribution in [0, 0.1) is 11.8 Å². The lowest BCUT2D eigenvalue weighted by molar-refractivity contribution is -0.155. The van der Waals surface area contributed by atoms with E-state index in [1.807, 2.05) is 27.7 Å². The molecular weight excluding hydrogens is 194 g/mol. The van der Waals surface area contributed by atoms with Gasteiger partial charge in [-0.05, 0) is 19.8 Å². The first-order valence-corrected chi connectivity index (χ1v) is 5.36. The number of hydrogen-bond donors (Lipinski definition) is 0. The summed E-state index contributed by atoms with van der Waals surface area (Å²) < 4.78 is 4.65. The highest BCUT2D eigenvalue weighted by atomic mass is 16.5. The fourth-order valence-corrected chi connectivity index (χ4v) is 1.52. The van der Waals surface area contributed by atoms with Crippen LogP contribution in [0.4, 0.5) is 0 Å². The van der Waals surface area contributed by atoms with E-state index < -0.39 is 11.9 Å². The summed E-state index contributed by atoms with van der Waals surface area (Å²) in [4.78, 5) is 25.1. The van der Waals surface area contributed by atoms with Gasteiger partial charge in [0.25, 0.3) is 0 Å². The highest BCUT2D eigenvalue weighted by Crippen LogP contribution is 2.16. The molecule has 0 spiro atoms. The van der Waals surface area contributed by atoms with E-state index in [4.69, 9.17) is 0 Å². The Morgan fingerprint density at radius 2 is 1.67 bits per heavy atom. The van der Waals surface area contributed by atoms with Crippen LogP contribution in [-0.2, 0) is 14.3 Å². The number of nitrogens with zero attached hydrogens (tertiary/aromatic N) is 1. The van der Waals surface area contributed by atoms with Gasteiger partial charge in [-0.2, -0.15) is 0 Å². The molecule has 0 saturated heterocycles. The molecule has 4 heteroatoms. The highest BCUT2D eigenvalue weighted by molar-refractivity contribution is 5.98. The highest BCUT2D eigenvalue weighted by Gasteiger charge is 2.33. The van der Waals surface area contributed by atoms with Crippen LogP contribution in [0.5, 0.6) is 0 Å². The maximum Gasteiger partial charge on any atom is 0.318 e. The second-order valence-corrected chi connectivity index (χ2v) is 3.76. The molecule has 0 heterocycles. The topological polar surface area (TPSA) is 46.6 Å². The number of amides is 1. The van der Waals surface area contributed by atoms with Crippen LogP contribution in [0.3, 0.4) is 0 Å². The first-order valence-electron chi connectivity index (χ1n) is 5.36. The van der Waals surface area contributed by atoms with Crippen LogP contribution in [0.1, 0.15) is 27.7 Å². The van der Waals surface area contributed by atoms with Crippen molar-refractivity contribution < 1.29 is 14.3 Å². The van der Waals surface area contributed by atoms with E-state index in [0.29, 0.717) is 13.1 Å². The van der Waals surface area contributed by atoms with Gasteiger partial charge in [-0.15, -0.1) is 0 Å². The lowest BCUT2D eigenvalue weighted by Gasteiger charge is -2.25. The van der Waals surface area contributed by atoms with E-state index in [0.717, 1.165) is 0 Å². The van der Waals surface area contributed by atoms with E-state index in [9.17, 15) is 9.59 Å². The summed E-state index contributed by atoms with van der Waals surface area (Å²) in [6.45, 7) is 8.74. The molecule has 1 atom stereocenters. The smallest absolute Gasteiger partial charge is 0.318 e. The standard InChI is InChI=1S/C11H21NO3/c1-6-12(7-2)10(13)9(8(3)4)11(14)15-5/h8-9H,6-7H2,1-5H3. The number of hydrogen-bond acceptors (Lipinski definition) is 3. The van der Waals surface area contributed by atoms with Crippen molar-refractivity contribution in [2.45, 2.75) is 27.7 Å². The number of ether oxygens (including phenoxy) is 1. The SMILES string of the molecule is CCN(CC)C(=O)C(C(=O)OC)C(C)C. The van der Waals surface area contributed by atoms with Crippen molar-refractivity contribution in [2.75, 3.05) is 20.2 Å². The zero-order valence-corrected chi connectivity index (χ0v) is 10.2. The fraction of sp³-hybridized carbons (Fsp3) is 0.818. The normalized spacial score (nSPS) is 12.4. The molecule has 0 saturated carbocycles. The molecule has 88 valence electrons. The average Bonchev–Trinajstić information content (AvgIpc) is 2.19. The Bertz CT molecular complexity index is 222. The molecule has 0 aliphatic rings. The molecule has 1 unspecified atom stereocenters. The lowest BCUT2D eigenvalue weighted by atomic mass is 9.94. The summed E-state index contributed by atoms with van der Waals surface area (Å²) in [6.07, 6.45) is 0. The maximum absolute atomic E-state index is 12.0. The Morgan fingerprint density at radius 1 is 1.20 bits per heavy atom. The molecule has 0 aromatic rings. The molecule has 0 aromatic heterocycles. The van der Waals surface area contributed by atoms with Crippen molar-refractivity contribution in [3.8, 4) is 0 Å². The summed E-state index contributed by atoms with van der Waals surface area (Å²) >= 11 is 0. The Balaban J connectivity index is 4.76. The molecule has 1 amide bonds. The van der Waals surface area contributed by atoms with Crippen LogP contribution in [-0.4, -0.2) is 37.0 Å². The van der Waals surface area contributed by atoms with E-state index >= 15 is 0 Å². The second kappa shape index (κ2) is 6.43. The Morgan fingerprint density at radius 3 is 1.93 bits per heavy atom. The zero-order chi connectivity index (χ0) is 12.0. The largest absolute Gasteiger partial charge is 0.468 e. The Labute approximate surface area is 91.6 Å². The van der Waals surface area contributed by atoms with Gasteiger partial charge < -0.3 is 9.64 Å². The van der Waals surface area contributed by atoms with E-state index in [2.05, 4.69) is 4.74 Å². The van der Waals surface area contributed by atoms with E-state index in [-0.39, 0.29) is 11.8 Å². The van der Waals surface area contributed by atoms with Crippen molar-refractivity contribution in [3.63, 3.8) is 0 Å². The van der Waals surface area contributed by atoms with Crippen molar-refractivity contribution in [3.05, 3.63) is 0 Å². The van der Waals surface area contributed by atoms with Crippen LogP contribution in [0.25, 0.3) is 0 Å². The summed E-state index contributed by atoms with van der Waals surface area (Å²) in [5, 5.41) is 0. The fourth-order valence-electron chi connectivity index (χ4n) is 1.52. The molecule has 0 rings (SSSR count). The van der Waals surface area contributed by atoms with Gasteiger partial charge in [0, 0.05) is 13.1 Å². The van der Waals surface area contributed by atoms with Crippen LogP contribution < -0.4 is 0 Å². The predicted molar refractivity (Wildman–Crippen MR) is 58.3 cm³/mol. The van der Waals surface area contributed by atoms with Gasteiger partial charge in [0.05, 0.1) is 7.11 Å². The average molecular weight is 215 g/mol. The molecule has 0 fully saturated rings. The first kappa shape index (κ1) is 13.9. The molecular formula is C11H21NO3. The second-order valence-electron chi connectivity index (χ2n) is 3.76. The Hall–Kier alpha value is -1.06. The van der Waals surface area contributed by atoms with Gasteiger partial charge in [-0.3, -0.25) is 9.59 Å². The van der Waals surface area contributed by atoms with Gasteiger partial charge in [0.2, 0.25) is 5.91 Å². The van der Waals surface area contributed by atoms with Gasteiger partial charge in [-0.1, -0.05) is 13.8 Å². The molecule has 4 nitrogen and oxygen atoms in total. The lowest BCUT2D eigenvalue weighted by Crippen LogP contribution is -2.42. The van der Waals surface area contributed by atoms with Crippen molar-refractivity contribution in [1.29, 1.82) is 0 Å². The number of carbonyl (C=O) groups is 2. The number of esters is 1. The number of rotatable bonds is 5. The van der Waals surface area contributed by atoms with E-state index in [1.165, 1.54) is 7.11 Å². The molecule has 0 N–H and O–H groups in total. The summed E-state index contributed by atoms with van der Waals surface area (Å²) in [6, 6.07) is 0. The minimum absolute atomic E-state index is 0.0365. The summed E-state index contributed by atoms with van der Waals surface area (Å²) in [5.74, 6) is -1.29. The summed E-state index contributed by atoms with van der Waals surface area (Å²) in [5.41, 5.74) is 0. The molecule has 0 radical (unpaired) electrons. The van der Waals surface area contributed by atoms with Gasteiger partial charge >= 0.3 is 5.97 Å². The third kappa shape index (κ3) is 3.53. The minimum atomic E-state index is -0.671. The molecule has 0 bridgehead atoms. The molecule has 0 aromatic carbocycles. The monoisotopic (exact) mass is 215 g/mol. The quantitative estimate of drug-likeness (QED) is 0.513. The number of carbonyl (C=O) groups excluding carboxylic acids is 2. The van der Waals surface area contributed by atoms with Gasteiger partial charge in [-0.25, -0.2) is 0 Å². The predicted octanol–water partition coefficient (Wildman–Crippen LogP) is 1.30. The van der Waals surface area contributed by atoms with Crippen LogP contribution in [0.15, 0.2) is 0 Å². The maximum atomic E-state index is 12.0. The third-order valence-corrected chi connectivity index (χ3v) is 2.46. The molecule has 0 aliphatic carbocycles. The van der Waals surface area contributed by atoms with Crippen molar-refractivity contribution in [2.24, 2.45) is 11.8 Å². The van der Waals surface area contributed by atoms with E-state index in [1.54, 1.807) is 4.90 Å². The van der Waals surface area contributed by atoms with Crippen LogP contribution >= 0.6 is 0 Å². The summed E-state index contributed by atoms with van der Waals surface area (Å²) in [7, 11) is 1.31.